The van der Waals surface area contributed by atoms with Crippen LogP contribution in [0.3, 0.4) is 0 Å². The molecule has 0 spiro atoms. The van der Waals surface area contributed by atoms with Gasteiger partial charge in [-0.2, -0.15) is 0 Å². The first-order chi connectivity index (χ1) is 11.8. The van der Waals surface area contributed by atoms with Crippen LogP contribution in [0.2, 0.25) is 10.0 Å². The van der Waals surface area contributed by atoms with E-state index in [2.05, 4.69) is 5.32 Å². The number of carbonyl (C=O) groups is 4. The van der Waals surface area contributed by atoms with Crippen molar-refractivity contribution in [1.82, 2.24) is 10.2 Å². The number of imide groups is 1. The molecule has 1 atom stereocenters. The van der Waals surface area contributed by atoms with Gasteiger partial charge in [0.05, 0.1) is 21.2 Å². The van der Waals surface area contributed by atoms with Crippen LogP contribution >= 0.6 is 23.2 Å². The van der Waals surface area contributed by atoms with Crippen molar-refractivity contribution in [2.45, 2.75) is 31.9 Å². The molecule has 1 aliphatic heterocycles. The molecule has 3 rings (SSSR count). The van der Waals surface area contributed by atoms with Crippen molar-refractivity contribution in [2.24, 2.45) is 0 Å². The molecule has 0 aromatic heterocycles. The van der Waals surface area contributed by atoms with E-state index in [0.717, 1.165) is 17.7 Å². The molecule has 1 heterocycles. The number of rotatable bonds is 5. The van der Waals surface area contributed by atoms with Crippen LogP contribution in [0.4, 0.5) is 0 Å². The number of fused-ring (bicyclic) bond motifs is 1. The lowest BCUT2D eigenvalue weighted by Crippen LogP contribution is -2.41. The average Bonchev–Trinajstić information content (AvgIpc) is 3.33. The summed E-state index contributed by atoms with van der Waals surface area (Å²) in [7, 11) is 0. The van der Waals surface area contributed by atoms with Gasteiger partial charge in [-0.05, 0) is 31.9 Å². The highest BCUT2D eigenvalue weighted by molar-refractivity contribution is 6.43. The molecule has 25 heavy (non-hydrogen) atoms. The summed E-state index contributed by atoms with van der Waals surface area (Å²) < 4.78 is 5.00. The van der Waals surface area contributed by atoms with Gasteiger partial charge in [0.1, 0.15) is 6.54 Å². The van der Waals surface area contributed by atoms with E-state index in [1.165, 1.54) is 19.1 Å². The van der Waals surface area contributed by atoms with Gasteiger partial charge in [-0.25, -0.2) is 0 Å². The van der Waals surface area contributed by atoms with Crippen LogP contribution in [-0.4, -0.2) is 47.3 Å². The van der Waals surface area contributed by atoms with Gasteiger partial charge in [-0.15, -0.1) is 0 Å². The number of halogens is 2. The van der Waals surface area contributed by atoms with Gasteiger partial charge in [-0.1, -0.05) is 23.2 Å². The van der Waals surface area contributed by atoms with Crippen molar-refractivity contribution >= 4 is 46.9 Å². The minimum atomic E-state index is -1.01. The first-order valence-electron chi connectivity index (χ1n) is 7.63. The molecule has 1 N–H and O–H groups in total. The van der Waals surface area contributed by atoms with Crippen LogP contribution in [0.15, 0.2) is 12.1 Å². The number of ether oxygens (including phenoxy) is 1. The molecule has 9 heteroatoms. The minimum absolute atomic E-state index is 0.0757. The van der Waals surface area contributed by atoms with Crippen molar-refractivity contribution < 1.29 is 23.9 Å². The van der Waals surface area contributed by atoms with Gasteiger partial charge in [0.2, 0.25) is 0 Å². The molecule has 0 bridgehead atoms. The lowest BCUT2D eigenvalue weighted by molar-refractivity contribution is -0.155. The number of esters is 1. The topological polar surface area (TPSA) is 92.8 Å². The largest absolute Gasteiger partial charge is 0.451 e. The zero-order valence-electron chi connectivity index (χ0n) is 13.2. The van der Waals surface area contributed by atoms with Crippen molar-refractivity contribution in [3.63, 3.8) is 0 Å². The monoisotopic (exact) mass is 384 g/mol. The zero-order valence-corrected chi connectivity index (χ0v) is 14.7. The number of nitrogens with one attached hydrogen (secondary N) is 1. The van der Waals surface area contributed by atoms with E-state index in [1.54, 1.807) is 0 Å². The fraction of sp³-hybridized carbons (Fsp3) is 0.375. The Balaban J connectivity index is 1.64. The quantitative estimate of drug-likeness (QED) is 0.617. The molecular weight excluding hydrogens is 371 g/mol. The lowest BCUT2D eigenvalue weighted by atomic mass is 10.1. The van der Waals surface area contributed by atoms with Crippen molar-refractivity contribution in [3.8, 4) is 0 Å². The lowest BCUT2D eigenvalue weighted by Gasteiger charge is -2.16. The molecule has 0 radical (unpaired) electrons. The summed E-state index contributed by atoms with van der Waals surface area (Å²) in [6.07, 6.45) is 0.811. The van der Waals surface area contributed by atoms with Crippen molar-refractivity contribution in [2.75, 3.05) is 6.54 Å². The predicted octanol–water partition coefficient (Wildman–Crippen LogP) is 1.80. The Morgan fingerprint density at radius 2 is 1.72 bits per heavy atom. The molecular formula is C16H14Cl2N2O5. The Hall–Kier alpha value is -2.12. The zero-order chi connectivity index (χ0) is 18.3. The van der Waals surface area contributed by atoms with Gasteiger partial charge < -0.3 is 10.1 Å². The van der Waals surface area contributed by atoms with Crippen LogP contribution in [0.25, 0.3) is 0 Å². The van der Waals surface area contributed by atoms with Crippen LogP contribution in [0, 0.1) is 0 Å². The Bertz CT molecular complexity index is 750. The number of carbonyl (C=O) groups excluding carboxylic acids is 4. The van der Waals surface area contributed by atoms with E-state index in [9.17, 15) is 19.2 Å². The summed E-state index contributed by atoms with van der Waals surface area (Å²) in [6, 6.07) is 2.71. The second-order valence-corrected chi connectivity index (χ2v) is 6.74. The number of hydrogen-bond donors (Lipinski definition) is 1. The number of nitrogens with zero attached hydrogens (tertiary/aromatic N) is 1. The third-order valence-corrected chi connectivity index (χ3v) is 4.62. The first kappa shape index (κ1) is 17.7. The number of benzene rings is 1. The SMILES string of the molecule is C[C@H](OC(=O)CN1C(=O)c2cc(Cl)c(Cl)cc2C1=O)C(=O)NC1CC1. The van der Waals surface area contributed by atoms with E-state index in [0.29, 0.717) is 0 Å². The molecule has 1 saturated carbocycles. The highest BCUT2D eigenvalue weighted by Crippen LogP contribution is 2.31. The Morgan fingerprint density at radius 3 is 2.20 bits per heavy atom. The normalized spacial score (nSPS) is 17.3. The van der Waals surface area contributed by atoms with Gasteiger partial charge in [0.25, 0.3) is 17.7 Å². The first-order valence-corrected chi connectivity index (χ1v) is 8.38. The van der Waals surface area contributed by atoms with E-state index >= 15 is 0 Å². The van der Waals surface area contributed by atoms with Crippen molar-refractivity contribution in [3.05, 3.63) is 33.3 Å². The number of amides is 3. The summed E-state index contributed by atoms with van der Waals surface area (Å²) in [5, 5.41) is 2.97. The molecule has 132 valence electrons. The fourth-order valence-corrected chi connectivity index (χ4v) is 2.72. The maximum Gasteiger partial charge on any atom is 0.326 e. The molecule has 1 aromatic carbocycles. The molecule has 7 nitrogen and oxygen atoms in total. The molecule has 2 aliphatic rings. The molecule has 3 amide bonds. The van der Waals surface area contributed by atoms with Gasteiger partial charge >= 0.3 is 5.97 Å². The second-order valence-electron chi connectivity index (χ2n) is 5.92. The number of hydrogen-bond acceptors (Lipinski definition) is 5. The molecule has 0 unspecified atom stereocenters. The molecule has 1 aromatic rings. The van der Waals surface area contributed by atoms with E-state index in [1.807, 2.05) is 0 Å². The van der Waals surface area contributed by atoms with E-state index < -0.39 is 36.3 Å². The summed E-state index contributed by atoms with van der Waals surface area (Å²) in [5.41, 5.74) is 0.151. The Morgan fingerprint density at radius 1 is 1.20 bits per heavy atom. The predicted molar refractivity (Wildman–Crippen MR) is 88.5 cm³/mol. The Labute approximate surface area is 153 Å². The second kappa shape index (κ2) is 6.65. The standard InChI is InChI=1S/C16H14Cl2N2O5/c1-7(14(22)19-8-2-3-8)25-13(21)6-20-15(23)9-4-11(17)12(18)5-10(9)16(20)24/h4-5,7-8H,2-3,6H2,1H3,(H,19,22)/t7-/m0/s1. The van der Waals surface area contributed by atoms with Gasteiger partial charge in [0, 0.05) is 6.04 Å². The summed E-state index contributed by atoms with van der Waals surface area (Å²) in [5.74, 6) is -2.59. The smallest absolute Gasteiger partial charge is 0.326 e. The highest BCUT2D eigenvalue weighted by Gasteiger charge is 2.38. The van der Waals surface area contributed by atoms with Crippen molar-refractivity contribution in [1.29, 1.82) is 0 Å². The molecule has 0 saturated heterocycles. The average molecular weight is 385 g/mol. The third-order valence-electron chi connectivity index (χ3n) is 3.90. The fourth-order valence-electron chi connectivity index (χ4n) is 2.39. The third kappa shape index (κ3) is 3.62. The molecule has 1 fully saturated rings. The van der Waals surface area contributed by atoms with E-state index in [-0.39, 0.29) is 27.2 Å². The summed E-state index contributed by atoms with van der Waals surface area (Å²) in [4.78, 5) is 49.1. The van der Waals surface area contributed by atoms with Gasteiger partial charge in [0.15, 0.2) is 6.10 Å². The van der Waals surface area contributed by atoms with Crippen LogP contribution in [0.5, 0.6) is 0 Å². The maximum atomic E-state index is 12.3. The summed E-state index contributed by atoms with van der Waals surface area (Å²) in [6.45, 7) is 0.833. The molecule has 1 aliphatic carbocycles. The van der Waals surface area contributed by atoms with Gasteiger partial charge in [-0.3, -0.25) is 24.1 Å². The minimum Gasteiger partial charge on any atom is -0.451 e. The summed E-state index contributed by atoms with van der Waals surface area (Å²) >= 11 is 11.7. The van der Waals surface area contributed by atoms with Crippen LogP contribution in [0.1, 0.15) is 40.5 Å². The maximum absolute atomic E-state index is 12.3. The van der Waals surface area contributed by atoms with Crippen LogP contribution in [-0.2, 0) is 14.3 Å². The van der Waals surface area contributed by atoms with E-state index in [4.69, 9.17) is 27.9 Å². The van der Waals surface area contributed by atoms with Crippen LogP contribution < -0.4 is 5.32 Å². The highest BCUT2D eigenvalue weighted by atomic mass is 35.5. The Kier molecular flexibility index (Phi) is 4.71.